The van der Waals surface area contributed by atoms with Crippen molar-refractivity contribution in [3.63, 3.8) is 0 Å². The number of amides is 1. The Balaban J connectivity index is 1.78. The lowest BCUT2D eigenvalue weighted by Crippen LogP contribution is -2.36. The van der Waals surface area contributed by atoms with Gasteiger partial charge < -0.3 is 24.4 Å². The highest BCUT2D eigenvalue weighted by Crippen LogP contribution is 2.30. The van der Waals surface area contributed by atoms with Crippen molar-refractivity contribution in [1.29, 1.82) is 0 Å². The van der Waals surface area contributed by atoms with Crippen molar-refractivity contribution in [2.24, 2.45) is 0 Å². The van der Waals surface area contributed by atoms with E-state index in [4.69, 9.17) is 25.8 Å². The van der Waals surface area contributed by atoms with Crippen molar-refractivity contribution in [3.8, 4) is 11.5 Å². The van der Waals surface area contributed by atoms with Gasteiger partial charge in [0.25, 0.3) is 0 Å². The third-order valence-corrected chi connectivity index (χ3v) is 4.65. The van der Waals surface area contributed by atoms with Crippen LogP contribution in [-0.4, -0.2) is 46.4 Å². The van der Waals surface area contributed by atoms with Crippen LogP contribution in [0.3, 0.4) is 0 Å². The molecule has 1 N–H and O–H groups in total. The van der Waals surface area contributed by atoms with Crippen LogP contribution in [-0.2, 0) is 9.53 Å². The number of morpholine rings is 1. The molecule has 1 saturated heterocycles. The number of benzene rings is 2. The molecule has 1 aliphatic heterocycles. The van der Waals surface area contributed by atoms with Gasteiger partial charge in [-0.2, -0.15) is 0 Å². The summed E-state index contributed by atoms with van der Waals surface area (Å²) in [5.41, 5.74) is 2.34. The van der Waals surface area contributed by atoms with E-state index >= 15 is 0 Å². The summed E-state index contributed by atoms with van der Waals surface area (Å²) in [7, 11) is 3.17. The van der Waals surface area contributed by atoms with Gasteiger partial charge in [-0.3, -0.25) is 4.79 Å². The van der Waals surface area contributed by atoms with E-state index in [2.05, 4.69) is 10.2 Å². The molecule has 28 heavy (non-hydrogen) atoms. The number of nitrogens with zero attached hydrogens (tertiary/aromatic N) is 1. The second kappa shape index (κ2) is 9.48. The Kier molecular flexibility index (Phi) is 6.79. The van der Waals surface area contributed by atoms with Gasteiger partial charge in [0.05, 0.1) is 38.8 Å². The Labute approximate surface area is 169 Å². The van der Waals surface area contributed by atoms with Crippen molar-refractivity contribution in [3.05, 3.63) is 53.1 Å². The van der Waals surface area contributed by atoms with E-state index in [1.54, 1.807) is 44.6 Å². The summed E-state index contributed by atoms with van der Waals surface area (Å²) in [4.78, 5) is 14.7. The Morgan fingerprint density at radius 3 is 2.64 bits per heavy atom. The van der Waals surface area contributed by atoms with Crippen molar-refractivity contribution in [2.75, 3.05) is 50.7 Å². The average Bonchev–Trinajstić information content (AvgIpc) is 2.72. The van der Waals surface area contributed by atoms with Gasteiger partial charge in [0.15, 0.2) is 0 Å². The number of carbonyl (C=O) groups is 1. The summed E-state index contributed by atoms with van der Waals surface area (Å²) in [5.74, 6) is 1.08. The summed E-state index contributed by atoms with van der Waals surface area (Å²) < 4.78 is 16.0. The second-order valence-corrected chi connectivity index (χ2v) is 6.63. The number of hydrogen-bond donors (Lipinski definition) is 1. The summed E-state index contributed by atoms with van der Waals surface area (Å²) >= 11 is 6.14. The third-order valence-electron chi connectivity index (χ3n) is 4.42. The average molecular weight is 403 g/mol. The van der Waals surface area contributed by atoms with Crippen molar-refractivity contribution >= 4 is 35.0 Å². The maximum atomic E-state index is 12.5. The fourth-order valence-corrected chi connectivity index (χ4v) is 3.17. The molecule has 0 aromatic heterocycles. The van der Waals surface area contributed by atoms with Crippen LogP contribution in [0.2, 0.25) is 5.02 Å². The monoisotopic (exact) mass is 402 g/mol. The first-order chi connectivity index (χ1) is 13.6. The van der Waals surface area contributed by atoms with Crippen LogP contribution in [0.15, 0.2) is 42.5 Å². The Bertz CT molecular complexity index is 863. The van der Waals surface area contributed by atoms with Crippen molar-refractivity contribution in [1.82, 2.24) is 0 Å². The molecule has 1 amide bonds. The number of rotatable bonds is 6. The van der Waals surface area contributed by atoms with Crippen LogP contribution in [0.1, 0.15) is 5.56 Å². The van der Waals surface area contributed by atoms with Crippen LogP contribution >= 0.6 is 11.6 Å². The molecule has 3 rings (SSSR count). The third kappa shape index (κ3) is 4.97. The molecule has 0 spiro atoms. The highest BCUT2D eigenvalue weighted by Gasteiger charge is 2.16. The molecule has 0 bridgehead atoms. The zero-order valence-corrected chi connectivity index (χ0v) is 16.7. The fourth-order valence-electron chi connectivity index (χ4n) is 3.00. The minimum Gasteiger partial charge on any atom is -0.497 e. The van der Waals surface area contributed by atoms with Gasteiger partial charge >= 0.3 is 0 Å². The van der Waals surface area contributed by atoms with E-state index in [-0.39, 0.29) is 5.91 Å². The van der Waals surface area contributed by atoms with E-state index in [9.17, 15) is 4.79 Å². The summed E-state index contributed by atoms with van der Waals surface area (Å²) in [5, 5.41) is 3.48. The van der Waals surface area contributed by atoms with Gasteiger partial charge in [-0.15, -0.1) is 0 Å². The molecule has 2 aromatic carbocycles. The van der Waals surface area contributed by atoms with E-state index in [0.29, 0.717) is 35.4 Å². The van der Waals surface area contributed by atoms with Gasteiger partial charge in [0, 0.05) is 29.8 Å². The van der Waals surface area contributed by atoms with Crippen molar-refractivity contribution in [2.45, 2.75) is 0 Å². The topological polar surface area (TPSA) is 60.0 Å². The number of methoxy groups -OCH3 is 2. The molecule has 1 aliphatic rings. The normalized spacial score (nSPS) is 14.2. The number of carbonyl (C=O) groups excluding carboxylic acids is 1. The molecule has 0 aliphatic carbocycles. The summed E-state index contributed by atoms with van der Waals surface area (Å²) in [6.45, 7) is 2.85. The largest absolute Gasteiger partial charge is 0.497 e. The van der Waals surface area contributed by atoms with E-state index < -0.39 is 0 Å². The standard InChI is InChI=1S/C21H23ClN2O4/c1-26-17-5-7-20(27-2)15(13-17)3-8-21(25)23-18-14-16(22)4-6-19(18)24-9-11-28-12-10-24/h3-8,13-14H,9-12H2,1-2H3,(H,23,25). The molecule has 2 aromatic rings. The van der Waals surface area contributed by atoms with E-state index in [1.807, 2.05) is 12.1 Å². The number of ether oxygens (including phenoxy) is 3. The highest BCUT2D eigenvalue weighted by molar-refractivity contribution is 6.31. The maximum absolute atomic E-state index is 12.5. The van der Waals surface area contributed by atoms with Gasteiger partial charge in [-0.25, -0.2) is 0 Å². The highest BCUT2D eigenvalue weighted by atomic mass is 35.5. The lowest BCUT2D eigenvalue weighted by atomic mass is 10.1. The quantitative estimate of drug-likeness (QED) is 0.744. The molecule has 1 fully saturated rings. The smallest absolute Gasteiger partial charge is 0.248 e. The van der Waals surface area contributed by atoms with Crippen LogP contribution in [0.25, 0.3) is 6.08 Å². The van der Waals surface area contributed by atoms with Gasteiger partial charge in [-0.1, -0.05) is 11.6 Å². The SMILES string of the molecule is COc1ccc(OC)c(C=CC(=O)Nc2cc(Cl)ccc2N2CCOCC2)c1. The number of anilines is 2. The zero-order valence-electron chi connectivity index (χ0n) is 15.9. The van der Waals surface area contributed by atoms with Crippen molar-refractivity contribution < 1.29 is 19.0 Å². The minimum atomic E-state index is -0.262. The summed E-state index contributed by atoms with van der Waals surface area (Å²) in [6, 6.07) is 10.9. The Morgan fingerprint density at radius 1 is 1.14 bits per heavy atom. The molecule has 0 unspecified atom stereocenters. The second-order valence-electron chi connectivity index (χ2n) is 6.19. The van der Waals surface area contributed by atoms with Crippen LogP contribution in [0.4, 0.5) is 11.4 Å². The predicted octanol–water partition coefficient (Wildman–Crippen LogP) is 3.85. The van der Waals surface area contributed by atoms with Gasteiger partial charge in [0.2, 0.25) is 5.91 Å². The first-order valence-corrected chi connectivity index (χ1v) is 9.32. The molecule has 0 radical (unpaired) electrons. The van der Waals surface area contributed by atoms with Gasteiger partial charge in [-0.05, 0) is 42.5 Å². The molecule has 7 heteroatoms. The first kappa shape index (κ1) is 20.0. The number of halogens is 1. The van der Waals surface area contributed by atoms with E-state index in [0.717, 1.165) is 24.3 Å². The fraction of sp³-hybridized carbons (Fsp3) is 0.286. The van der Waals surface area contributed by atoms with Crippen LogP contribution in [0, 0.1) is 0 Å². The Morgan fingerprint density at radius 2 is 1.93 bits per heavy atom. The predicted molar refractivity (Wildman–Crippen MR) is 112 cm³/mol. The molecule has 1 heterocycles. The van der Waals surface area contributed by atoms with Gasteiger partial charge in [0.1, 0.15) is 11.5 Å². The molecule has 0 atom stereocenters. The first-order valence-electron chi connectivity index (χ1n) is 8.94. The van der Waals surface area contributed by atoms with Crippen LogP contribution in [0.5, 0.6) is 11.5 Å². The molecular weight excluding hydrogens is 380 g/mol. The molecule has 6 nitrogen and oxygen atoms in total. The molecule has 0 saturated carbocycles. The molecular formula is C21H23ClN2O4. The zero-order chi connectivity index (χ0) is 19.9. The maximum Gasteiger partial charge on any atom is 0.248 e. The summed E-state index contributed by atoms with van der Waals surface area (Å²) in [6.07, 6.45) is 3.15. The minimum absolute atomic E-state index is 0.262. The number of nitrogens with one attached hydrogen (secondary N) is 1. The lowest BCUT2D eigenvalue weighted by Gasteiger charge is -2.30. The number of hydrogen-bond acceptors (Lipinski definition) is 5. The molecule has 148 valence electrons. The lowest BCUT2D eigenvalue weighted by molar-refractivity contribution is -0.111. The Hall–Kier alpha value is -2.70. The van der Waals surface area contributed by atoms with Crippen LogP contribution < -0.4 is 19.7 Å². The van der Waals surface area contributed by atoms with E-state index in [1.165, 1.54) is 6.08 Å².